The molecule has 2 aromatic carbocycles. The van der Waals surface area contributed by atoms with E-state index in [1.165, 1.54) is 10.1 Å². The number of benzene rings is 2. The summed E-state index contributed by atoms with van der Waals surface area (Å²) in [5.74, 6) is -1.09. The van der Waals surface area contributed by atoms with Crippen LogP contribution in [0.25, 0.3) is 11.0 Å². The molecule has 2 heterocycles. The summed E-state index contributed by atoms with van der Waals surface area (Å²) < 4.78 is 25.8. The predicted molar refractivity (Wildman–Crippen MR) is 180 cm³/mol. The van der Waals surface area contributed by atoms with Crippen LogP contribution in [0.5, 0.6) is 0 Å². The third kappa shape index (κ3) is 11.1. The van der Waals surface area contributed by atoms with Gasteiger partial charge in [-0.3, -0.25) is 28.8 Å². The van der Waals surface area contributed by atoms with E-state index in [-0.39, 0.29) is 36.4 Å². The number of primary amides is 1. The van der Waals surface area contributed by atoms with E-state index in [1.54, 1.807) is 11.6 Å². The Hall–Kier alpha value is -3.88. The number of rotatable bonds is 22. The molecule has 1 unspecified atom stereocenters. The first-order valence-corrected chi connectivity index (χ1v) is 16.7. The molecule has 0 spiro atoms. The molecule has 48 heavy (non-hydrogen) atoms. The second-order valence-corrected chi connectivity index (χ2v) is 12.1. The summed E-state index contributed by atoms with van der Waals surface area (Å²) in [5, 5.41) is 2.35. The van der Waals surface area contributed by atoms with E-state index in [0.29, 0.717) is 77.6 Å². The molecule has 262 valence electrons. The number of imidazole rings is 1. The topological polar surface area (TPSA) is 179 Å². The molecule has 2 atom stereocenters. The monoisotopic (exact) mass is 667 g/mol. The van der Waals surface area contributed by atoms with E-state index in [9.17, 15) is 19.2 Å². The number of fused-ring (bicyclic) bond motifs is 1. The van der Waals surface area contributed by atoms with Crippen LogP contribution in [-0.4, -0.2) is 79.1 Å². The molecule has 0 bridgehead atoms. The van der Waals surface area contributed by atoms with Crippen molar-refractivity contribution in [3.05, 3.63) is 69.6 Å². The highest BCUT2D eigenvalue weighted by Crippen LogP contribution is 2.25. The number of piperidine rings is 1. The normalized spacial score (nSPS) is 15.6. The van der Waals surface area contributed by atoms with Crippen LogP contribution in [0.4, 0.5) is 0 Å². The van der Waals surface area contributed by atoms with Gasteiger partial charge in [0.1, 0.15) is 6.04 Å². The minimum atomic E-state index is -0.696. The molecule has 13 nitrogen and oxygen atoms in total. The van der Waals surface area contributed by atoms with Crippen LogP contribution in [0.15, 0.2) is 47.3 Å². The molecule has 3 amide bonds. The summed E-state index contributed by atoms with van der Waals surface area (Å²) in [4.78, 5) is 48.0. The molecular formula is C35H49N5O8. The van der Waals surface area contributed by atoms with Crippen molar-refractivity contribution < 1.29 is 33.3 Å². The van der Waals surface area contributed by atoms with E-state index >= 15 is 0 Å². The Morgan fingerprint density at radius 1 is 0.896 bits per heavy atom. The van der Waals surface area contributed by atoms with Gasteiger partial charge in [0.05, 0.1) is 50.7 Å². The van der Waals surface area contributed by atoms with Crippen LogP contribution >= 0.6 is 0 Å². The van der Waals surface area contributed by atoms with Crippen LogP contribution in [0.2, 0.25) is 0 Å². The summed E-state index contributed by atoms with van der Waals surface area (Å²) in [6.45, 7) is 4.07. The molecule has 0 radical (unpaired) electrons. The maximum atomic E-state index is 13.1. The van der Waals surface area contributed by atoms with E-state index in [1.807, 2.05) is 30.3 Å². The lowest BCUT2D eigenvalue weighted by molar-refractivity contribution is -0.135. The maximum absolute atomic E-state index is 13.1. The van der Waals surface area contributed by atoms with Crippen molar-refractivity contribution in [2.75, 3.05) is 46.2 Å². The number of para-hydroxylation sites is 1. The van der Waals surface area contributed by atoms with Crippen molar-refractivity contribution in [3.63, 3.8) is 0 Å². The van der Waals surface area contributed by atoms with E-state index in [4.69, 9.17) is 30.4 Å². The summed E-state index contributed by atoms with van der Waals surface area (Å²) in [5.41, 5.74) is 15.6. The highest BCUT2D eigenvalue weighted by Gasteiger charge is 2.31. The largest absolute Gasteiger partial charge is 0.379 e. The Balaban J connectivity index is 1.02. The fourth-order valence-corrected chi connectivity index (χ4v) is 5.78. The average molecular weight is 668 g/mol. The second-order valence-electron chi connectivity index (χ2n) is 12.1. The number of hydrogen-bond donors (Lipinski definition) is 3. The van der Waals surface area contributed by atoms with E-state index in [0.717, 1.165) is 35.9 Å². The van der Waals surface area contributed by atoms with E-state index in [2.05, 4.69) is 17.4 Å². The molecule has 13 heteroatoms. The lowest BCUT2D eigenvalue weighted by atomic mass is 10.0. The highest BCUT2D eigenvalue weighted by molar-refractivity contribution is 6.00. The van der Waals surface area contributed by atoms with Gasteiger partial charge in [-0.1, -0.05) is 36.4 Å². The van der Waals surface area contributed by atoms with Gasteiger partial charge in [-0.2, -0.15) is 0 Å². The SMILES string of the molecule is Cn1c(=O)n(C2CCC(=O)NC2=O)c2cccc(CCCOCCOCCOCCCc3ccc(COC[C@@H](N)CCC(N)=O)cc3)c21. The van der Waals surface area contributed by atoms with Crippen molar-refractivity contribution in [1.29, 1.82) is 0 Å². The quantitative estimate of drug-likeness (QED) is 0.107. The lowest BCUT2D eigenvalue weighted by Crippen LogP contribution is -2.44. The summed E-state index contributed by atoms with van der Waals surface area (Å²) in [6, 6.07) is 13.1. The molecule has 1 aromatic heterocycles. The molecule has 1 fully saturated rings. The number of hydrogen-bond acceptors (Lipinski definition) is 9. The number of carbonyl (C=O) groups is 3. The van der Waals surface area contributed by atoms with Gasteiger partial charge < -0.3 is 30.4 Å². The number of nitrogens with two attached hydrogens (primary N) is 2. The number of carbonyl (C=O) groups excluding carboxylic acids is 3. The number of nitrogens with one attached hydrogen (secondary N) is 1. The minimum Gasteiger partial charge on any atom is -0.379 e. The summed E-state index contributed by atoms with van der Waals surface area (Å²) in [7, 11) is 1.71. The number of ether oxygens (including phenoxy) is 4. The number of amides is 3. The van der Waals surface area contributed by atoms with Crippen molar-refractivity contribution in [1.82, 2.24) is 14.5 Å². The third-order valence-electron chi connectivity index (χ3n) is 8.33. The Morgan fingerprint density at radius 3 is 2.21 bits per heavy atom. The van der Waals surface area contributed by atoms with Crippen molar-refractivity contribution >= 4 is 28.8 Å². The number of aryl methyl sites for hydroxylation is 3. The van der Waals surface area contributed by atoms with Gasteiger partial charge in [-0.15, -0.1) is 0 Å². The molecule has 1 aliphatic heterocycles. The van der Waals surface area contributed by atoms with Gasteiger partial charge in [0.2, 0.25) is 17.7 Å². The van der Waals surface area contributed by atoms with Gasteiger partial charge in [0.15, 0.2) is 0 Å². The predicted octanol–water partition coefficient (Wildman–Crippen LogP) is 2.04. The van der Waals surface area contributed by atoms with Crippen LogP contribution in [0.3, 0.4) is 0 Å². The van der Waals surface area contributed by atoms with Crippen LogP contribution in [0.1, 0.15) is 61.3 Å². The zero-order chi connectivity index (χ0) is 34.3. The second kappa shape index (κ2) is 19.2. The lowest BCUT2D eigenvalue weighted by Gasteiger charge is -2.21. The van der Waals surface area contributed by atoms with Crippen LogP contribution in [0, 0.1) is 0 Å². The van der Waals surface area contributed by atoms with Crippen molar-refractivity contribution in [2.45, 2.75) is 70.1 Å². The zero-order valence-corrected chi connectivity index (χ0v) is 27.8. The molecule has 1 aliphatic rings. The van der Waals surface area contributed by atoms with E-state index < -0.39 is 11.9 Å². The van der Waals surface area contributed by atoms with Gasteiger partial charge in [0, 0.05) is 39.1 Å². The van der Waals surface area contributed by atoms with Gasteiger partial charge in [-0.25, -0.2) is 4.79 Å². The molecule has 5 N–H and O–H groups in total. The van der Waals surface area contributed by atoms with Crippen molar-refractivity contribution in [2.24, 2.45) is 18.5 Å². The fraction of sp³-hybridized carbons (Fsp3) is 0.543. The number of nitrogens with zero attached hydrogens (tertiary/aromatic N) is 2. The molecule has 4 rings (SSSR count). The van der Waals surface area contributed by atoms with Gasteiger partial charge in [0.25, 0.3) is 0 Å². The minimum absolute atomic E-state index is 0.198. The first-order valence-electron chi connectivity index (χ1n) is 16.7. The fourth-order valence-electron chi connectivity index (χ4n) is 5.78. The Morgan fingerprint density at radius 2 is 1.54 bits per heavy atom. The molecule has 0 saturated carbocycles. The maximum Gasteiger partial charge on any atom is 0.329 e. The summed E-state index contributed by atoms with van der Waals surface area (Å²) in [6.07, 6.45) is 4.64. The molecule has 3 aromatic rings. The molecular weight excluding hydrogens is 618 g/mol. The molecule has 1 saturated heterocycles. The Labute approximate surface area is 280 Å². The number of imide groups is 1. The smallest absolute Gasteiger partial charge is 0.329 e. The third-order valence-corrected chi connectivity index (χ3v) is 8.33. The van der Waals surface area contributed by atoms with Crippen molar-refractivity contribution in [3.8, 4) is 0 Å². The average Bonchev–Trinajstić information content (AvgIpc) is 3.32. The van der Waals surface area contributed by atoms with Crippen LogP contribution < -0.4 is 22.5 Å². The first-order chi connectivity index (χ1) is 23.2. The Bertz CT molecular complexity index is 1550. The van der Waals surface area contributed by atoms with Gasteiger partial charge >= 0.3 is 5.69 Å². The summed E-state index contributed by atoms with van der Waals surface area (Å²) >= 11 is 0. The van der Waals surface area contributed by atoms with Crippen LogP contribution in [-0.2, 0) is 59.8 Å². The first kappa shape index (κ1) is 36.9. The zero-order valence-electron chi connectivity index (χ0n) is 27.8. The standard InChI is InChI=1S/C35H49N5O8/c1-39-33-27(6-2-8-29(33)40(35(39)44)30-14-16-32(42)38-34(30)43)7-4-18-46-20-22-47-21-19-45-17-3-5-25-9-11-26(12-10-25)23-48-24-28(36)13-15-31(37)41/h2,6,8-12,28,30H,3-5,7,13-24,36H2,1H3,(H2,37,41)(H,38,42,43)/t28-,30?/m0/s1. The Kier molecular flexibility index (Phi) is 14.8. The van der Waals surface area contributed by atoms with Gasteiger partial charge in [-0.05, 0) is 61.3 Å². The number of aromatic nitrogens is 2. The highest BCUT2D eigenvalue weighted by atomic mass is 16.5. The molecule has 0 aliphatic carbocycles.